The number of fused-ring (bicyclic) bond motifs is 1. The van der Waals surface area contributed by atoms with Crippen LogP contribution in [-0.4, -0.2) is 64.7 Å². The highest BCUT2D eigenvalue weighted by molar-refractivity contribution is 5.75. The minimum Gasteiger partial charge on any atom is -0.333 e. The molecule has 3 atom stereocenters. The Bertz CT molecular complexity index is 1060. The summed E-state index contributed by atoms with van der Waals surface area (Å²) in [6, 6.07) is 3.13. The molecule has 1 fully saturated rings. The molecule has 2 aliphatic heterocycles. The van der Waals surface area contributed by atoms with Crippen molar-refractivity contribution in [1.29, 1.82) is 0 Å². The molecule has 1 aromatic carbocycles. The van der Waals surface area contributed by atoms with Crippen LogP contribution in [0.15, 0.2) is 24.4 Å². The van der Waals surface area contributed by atoms with Gasteiger partial charge < -0.3 is 15.1 Å². The fraction of sp³-hybridized carbons (Fsp3) is 0.522. The largest absolute Gasteiger partial charge is 0.391 e. The summed E-state index contributed by atoms with van der Waals surface area (Å²) in [5.41, 5.74) is 1.96. The monoisotopic (exact) mass is 483 g/mol. The maximum atomic E-state index is 13.8. The van der Waals surface area contributed by atoms with Crippen LogP contribution in [0.1, 0.15) is 35.5 Å². The van der Waals surface area contributed by atoms with Gasteiger partial charge in [-0.3, -0.25) is 0 Å². The van der Waals surface area contributed by atoms with Crippen LogP contribution >= 0.6 is 0 Å². The summed E-state index contributed by atoms with van der Waals surface area (Å²) in [6.45, 7) is 2.78. The molecular formula is C23H26F5N5O. The van der Waals surface area contributed by atoms with Crippen LogP contribution in [0.3, 0.4) is 0 Å². The van der Waals surface area contributed by atoms with Crippen molar-refractivity contribution in [3.8, 4) is 0 Å². The van der Waals surface area contributed by atoms with Gasteiger partial charge in [-0.15, -0.1) is 0 Å². The van der Waals surface area contributed by atoms with Gasteiger partial charge in [0.1, 0.15) is 5.82 Å². The second kappa shape index (κ2) is 9.44. The molecule has 2 aromatic rings. The smallest absolute Gasteiger partial charge is 0.333 e. The van der Waals surface area contributed by atoms with Crippen molar-refractivity contribution in [2.75, 3.05) is 26.7 Å². The lowest BCUT2D eigenvalue weighted by Gasteiger charge is -2.30. The van der Waals surface area contributed by atoms with Gasteiger partial charge in [0.05, 0.1) is 24.2 Å². The molecule has 1 N–H and O–H groups in total. The van der Waals surface area contributed by atoms with E-state index < -0.39 is 23.7 Å². The predicted octanol–water partition coefficient (Wildman–Crippen LogP) is 3.66. The van der Waals surface area contributed by atoms with Crippen LogP contribution in [0.2, 0.25) is 0 Å². The van der Waals surface area contributed by atoms with Crippen molar-refractivity contribution in [1.82, 2.24) is 25.1 Å². The molecule has 2 amide bonds. The molecule has 0 radical (unpaired) electrons. The molecule has 4 rings (SSSR count). The Morgan fingerprint density at radius 3 is 2.71 bits per heavy atom. The number of nitrogens with one attached hydrogen (secondary N) is 1. The number of carbonyl (C=O) groups excluding carboxylic acids is 1. The zero-order valence-electron chi connectivity index (χ0n) is 18.9. The third-order valence-corrected chi connectivity index (χ3v) is 6.51. The molecule has 11 heteroatoms. The van der Waals surface area contributed by atoms with Gasteiger partial charge in [-0.2, -0.15) is 13.2 Å². The average molecular weight is 483 g/mol. The summed E-state index contributed by atoms with van der Waals surface area (Å²) in [6.07, 6.45) is -2.62. The molecule has 3 heterocycles. The molecule has 0 aliphatic carbocycles. The van der Waals surface area contributed by atoms with E-state index >= 15 is 0 Å². The standard InChI is InChI=1S/C23H26F5N5O/c1-13(23(26,27)28)7-21-29-9-15-5-6-33(12-19(15)30-21)22(34)31-20-11-32(2)10-16(20)14-3-4-17(24)18(25)8-14/h3-4,8-9,13,16,20H,5-7,10-12H2,1-2H3,(H,31,34)/t13-,16+,20-/m1/s1. The van der Waals surface area contributed by atoms with Crippen molar-refractivity contribution < 1.29 is 26.7 Å². The van der Waals surface area contributed by atoms with Crippen molar-refractivity contribution >= 4 is 6.03 Å². The van der Waals surface area contributed by atoms with Gasteiger partial charge in [0.15, 0.2) is 11.6 Å². The number of urea groups is 1. The number of hydrogen-bond acceptors (Lipinski definition) is 4. The number of halogens is 5. The number of likely N-dealkylation sites (tertiary alicyclic amines) is 1. The Balaban J connectivity index is 1.44. The Morgan fingerprint density at radius 1 is 1.24 bits per heavy atom. The van der Waals surface area contributed by atoms with Gasteiger partial charge in [0.25, 0.3) is 0 Å². The molecule has 2 aliphatic rings. The Hall–Kier alpha value is -2.82. The summed E-state index contributed by atoms with van der Waals surface area (Å²) in [4.78, 5) is 25.0. The highest BCUT2D eigenvalue weighted by atomic mass is 19.4. The van der Waals surface area contributed by atoms with Gasteiger partial charge in [-0.05, 0) is 36.7 Å². The van der Waals surface area contributed by atoms with Crippen molar-refractivity contribution in [3.63, 3.8) is 0 Å². The number of rotatable bonds is 4. The van der Waals surface area contributed by atoms with Gasteiger partial charge in [0, 0.05) is 38.2 Å². The molecule has 0 unspecified atom stereocenters. The highest BCUT2D eigenvalue weighted by Gasteiger charge is 2.37. The second-order valence-electron chi connectivity index (χ2n) is 9.13. The first-order valence-corrected chi connectivity index (χ1v) is 11.1. The van der Waals surface area contributed by atoms with Crippen molar-refractivity contribution in [3.05, 3.63) is 58.7 Å². The van der Waals surface area contributed by atoms with Gasteiger partial charge in [0.2, 0.25) is 0 Å². The summed E-state index contributed by atoms with van der Waals surface area (Å²) in [7, 11) is 1.89. The number of benzene rings is 1. The first-order chi connectivity index (χ1) is 16.0. The first-order valence-electron chi connectivity index (χ1n) is 11.1. The quantitative estimate of drug-likeness (QED) is 0.675. The predicted molar refractivity (Wildman–Crippen MR) is 114 cm³/mol. The van der Waals surface area contributed by atoms with Crippen LogP contribution in [0, 0.1) is 17.6 Å². The van der Waals surface area contributed by atoms with E-state index in [0.29, 0.717) is 37.3 Å². The van der Waals surface area contributed by atoms with E-state index in [-0.39, 0.29) is 36.8 Å². The number of alkyl halides is 3. The molecule has 0 bridgehead atoms. The van der Waals surface area contributed by atoms with E-state index in [0.717, 1.165) is 24.6 Å². The number of carbonyl (C=O) groups is 1. The maximum Gasteiger partial charge on any atom is 0.391 e. The highest BCUT2D eigenvalue weighted by Crippen LogP contribution is 2.30. The molecule has 1 saturated heterocycles. The van der Waals surface area contributed by atoms with Gasteiger partial charge in [-0.25, -0.2) is 23.5 Å². The third-order valence-electron chi connectivity index (χ3n) is 6.51. The lowest BCUT2D eigenvalue weighted by molar-refractivity contribution is -0.169. The molecule has 184 valence electrons. The van der Waals surface area contributed by atoms with E-state index in [9.17, 15) is 26.7 Å². The Morgan fingerprint density at radius 2 is 2.00 bits per heavy atom. The zero-order chi connectivity index (χ0) is 24.6. The fourth-order valence-electron chi connectivity index (χ4n) is 4.48. The van der Waals surface area contributed by atoms with Crippen LogP contribution < -0.4 is 5.32 Å². The summed E-state index contributed by atoms with van der Waals surface area (Å²) in [5, 5.41) is 3.00. The minimum atomic E-state index is -4.33. The fourth-order valence-corrected chi connectivity index (χ4v) is 4.48. The lowest BCUT2D eigenvalue weighted by atomic mass is 9.94. The normalized spacial score (nSPS) is 21.9. The Kier molecular flexibility index (Phi) is 6.75. The van der Waals surface area contributed by atoms with E-state index in [1.807, 2.05) is 11.9 Å². The van der Waals surface area contributed by atoms with Gasteiger partial charge >= 0.3 is 12.2 Å². The van der Waals surface area contributed by atoms with Crippen molar-refractivity contribution in [2.24, 2.45) is 5.92 Å². The van der Waals surface area contributed by atoms with E-state index in [1.165, 1.54) is 6.07 Å². The molecule has 0 spiro atoms. The third kappa shape index (κ3) is 5.29. The number of likely N-dealkylation sites (N-methyl/N-ethyl adjacent to an activating group) is 1. The van der Waals surface area contributed by atoms with Crippen LogP contribution in [0.25, 0.3) is 0 Å². The van der Waals surface area contributed by atoms with E-state index in [1.54, 1.807) is 11.1 Å². The SMILES string of the molecule is C[C@H](Cc1ncc2c(n1)CN(C(=O)N[C@@H]1CN(C)C[C@H]1c1ccc(F)c(F)c1)CC2)C(F)(F)F. The Labute approximate surface area is 194 Å². The number of amides is 2. The molecule has 6 nitrogen and oxygen atoms in total. The van der Waals surface area contributed by atoms with Crippen LogP contribution in [-0.2, 0) is 19.4 Å². The number of nitrogens with zero attached hydrogens (tertiary/aromatic N) is 4. The first kappa shape index (κ1) is 24.3. The lowest BCUT2D eigenvalue weighted by Crippen LogP contribution is -2.49. The average Bonchev–Trinajstić information content (AvgIpc) is 3.14. The summed E-state index contributed by atoms with van der Waals surface area (Å²) in [5.74, 6) is -3.53. The number of aromatic nitrogens is 2. The zero-order valence-corrected chi connectivity index (χ0v) is 18.9. The molecule has 0 saturated carbocycles. The molecule has 34 heavy (non-hydrogen) atoms. The van der Waals surface area contributed by atoms with E-state index in [4.69, 9.17) is 0 Å². The maximum absolute atomic E-state index is 13.8. The van der Waals surface area contributed by atoms with Crippen molar-refractivity contribution in [2.45, 2.75) is 44.4 Å². The second-order valence-corrected chi connectivity index (χ2v) is 9.13. The summed E-state index contributed by atoms with van der Waals surface area (Å²) >= 11 is 0. The molecular weight excluding hydrogens is 457 g/mol. The van der Waals surface area contributed by atoms with E-state index in [2.05, 4.69) is 15.3 Å². The summed E-state index contributed by atoms with van der Waals surface area (Å²) < 4.78 is 65.8. The van der Waals surface area contributed by atoms with Crippen LogP contribution in [0.5, 0.6) is 0 Å². The van der Waals surface area contributed by atoms with Crippen LogP contribution in [0.4, 0.5) is 26.7 Å². The topological polar surface area (TPSA) is 61.4 Å². The minimum absolute atomic E-state index is 0.0988. The molecule has 1 aromatic heterocycles. The number of hydrogen-bond donors (Lipinski definition) is 1. The van der Waals surface area contributed by atoms with Gasteiger partial charge in [-0.1, -0.05) is 13.0 Å².